The number of rotatable bonds is 4. The van der Waals surface area contributed by atoms with Gasteiger partial charge < -0.3 is 0 Å². The smallest absolute Gasteiger partial charge is 0.207 e. The molecule has 0 N–H and O–H groups in total. The number of nitrogens with zero attached hydrogens (tertiary/aromatic N) is 3. The fraction of sp³-hybridized carbons (Fsp3) is 0.0500. The van der Waals surface area contributed by atoms with Crippen LogP contribution in [0.4, 0.5) is 0 Å². The molecule has 0 unspecified atom stereocenters. The SMILES string of the molecule is CC1(C)c2ccccc2-c2cc3c(cc21)S(=O)(=O)c1ccccc1-c1ccccc1-c1ccccc1-c1ccc(-c2nc(-c4ccccc4)nc(-c4cccc(-c5ccccc5)c4)n2)cc1-3. The first-order chi connectivity index (χ1) is 32.2. The van der Waals surface area contributed by atoms with Crippen LogP contribution in [0.3, 0.4) is 0 Å². The molecule has 0 atom stereocenters. The molecule has 12 rings (SSSR count). The van der Waals surface area contributed by atoms with Gasteiger partial charge in [0.1, 0.15) is 0 Å². The molecule has 10 aromatic rings. The van der Waals surface area contributed by atoms with Gasteiger partial charge >= 0.3 is 0 Å². The summed E-state index contributed by atoms with van der Waals surface area (Å²) in [5.41, 5.74) is 15.1. The molecule has 0 fully saturated rings. The van der Waals surface area contributed by atoms with E-state index in [-0.39, 0.29) is 9.79 Å². The van der Waals surface area contributed by atoms with Gasteiger partial charge in [-0.05, 0) is 97.1 Å². The van der Waals surface area contributed by atoms with Crippen LogP contribution >= 0.6 is 0 Å². The molecule has 0 spiro atoms. The number of hydrogen-bond donors (Lipinski definition) is 0. The molecule has 2 heterocycles. The molecule has 1 aromatic heterocycles. The zero-order valence-corrected chi connectivity index (χ0v) is 37.1. The van der Waals surface area contributed by atoms with E-state index in [0.717, 1.165) is 83.5 Å². The summed E-state index contributed by atoms with van der Waals surface area (Å²) in [4.78, 5) is 16.0. The highest BCUT2D eigenvalue weighted by molar-refractivity contribution is 7.91. The van der Waals surface area contributed by atoms with Crippen LogP contribution in [0.15, 0.2) is 222 Å². The Morgan fingerprint density at radius 3 is 1.42 bits per heavy atom. The van der Waals surface area contributed by atoms with Gasteiger partial charge in [0, 0.05) is 33.2 Å². The van der Waals surface area contributed by atoms with Crippen molar-refractivity contribution >= 4 is 9.84 Å². The largest absolute Gasteiger partial charge is 0.218 e. The lowest BCUT2D eigenvalue weighted by atomic mass is 9.81. The quantitative estimate of drug-likeness (QED) is 0.176. The van der Waals surface area contributed by atoms with Crippen LogP contribution in [0.1, 0.15) is 25.0 Å². The highest BCUT2D eigenvalue weighted by atomic mass is 32.2. The highest BCUT2D eigenvalue weighted by Gasteiger charge is 2.39. The molecule has 1 aliphatic heterocycles. The molecule has 0 bridgehead atoms. The maximum absolute atomic E-state index is 15.9. The van der Waals surface area contributed by atoms with Gasteiger partial charge in [-0.1, -0.05) is 196 Å². The van der Waals surface area contributed by atoms with Crippen LogP contribution in [0, 0.1) is 0 Å². The molecular formula is C60H41N3O2S. The van der Waals surface area contributed by atoms with Crippen molar-refractivity contribution in [2.24, 2.45) is 0 Å². The van der Waals surface area contributed by atoms with Gasteiger partial charge in [-0.25, -0.2) is 23.4 Å². The van der Waals surface area contributed by atoms with Crippen LogP contribution in [-0.4, -0.2) is 23.4 Å². The van der Waals surface area contributed by atoms with E-state index in [1.165, 1.54) is 0 Å². The third-order valence-electron chi connectivity index (χ3n) is 13.3. The van der Waals surface area contributed by atoms with E-state index in [9.17, 15) is 0 Å². The first kappa shape index (κ1) is 39.5. The monoisotopic (exact) mass is 867 g/mol. The van der Waals surface area contributed by atoms with Gasteiger partial charge in [0.15, 0.2) is 17.5 Å². The van der Waals surface area contributed by atoms with Crippen molar-refractivity contribution in [3.63, 3.8) is 0 Å². The molecule has 6 heteroatoms. The average Bonchev–Trinajstić information content (AvgIpc) is 3.60. The van der Waals surface area contributed by atoms with Crippen LogP contribution in [0.25, 0.3) is 101 Å². The standard InChI is InChI=1S/C60H41N3O2S/c1-60(2)53-30-15-13-28-48(53)51-36-52-50-35-42(59-62-57(39-20-7-4-8-21-39)61-58(63-59)41-23-17-22-40(34-41)38-18-5-3-6-19-38)32-33-47(50)45-26-10-9-24-43(45)44-25-11-12-27-46(44)49-29-14-16-31-55(49)66(64,65)56(52)37-54(51)60/h3-37H,1-2H3. The first-order valence-electron chi connectivity index (χ1n) is 22.2. The molecule has 0 saturated carbocycles. The van der Waals surface area contributed by atoms with Crippen LogP contribution in [0.2, 0.25) is 0 Å². The van der Waals surface area contributed by atoms with Gasteiger partial charge in [0.2, 0.25) is 9.84 Å². The third-order valence-corrected chi connectivity index (χ3v) is 15.2. The number of hydrogen-bond acceptors (Lipinski definition) is 5. The lowest BCUT2D eigenvalue weighted by Crippen LogP contribution is -2.16. The fourth-order valence-electron chi connectivity index (χ4n) is 10.1. The van der Waals surface area contributed by atoms with Crippen LogP contribution < -0.4 is 0 Å². The lowest BCUT2D eigenvalue weighted by molar-refractivity contribution is 0.596. The van der Waals surface area contributed by atoms with Gasteiger partial charge in [0.25, 0.3) is 0 Å². The van der Waals surface area contributed by atoms with Crippen molar-refractivity contribution in [1.82, 2.24) is 15.0 Å². The summed E-state index contributed by atoms with van der Waals surface area (Å²) in [7, 11) is -4.18. The second kappa shape index (κ2) is 15.3. The van der Waals surface area contributed by atoms with E-state index in [1.807, 2.05) is 103 Å². The van der Waals surface area contributed by atoms with Gasteiger partial charge in [-0.15, -0.1) is 0 Å². The number of fused-ring (bicyclic) bond motifs is 12. The predicted octanol–water partition coefficient (Wildman–Crippen LogP) is 14.7. The van der Waals surface area contributed by atoms with Gasteiger partial charge in [-0.2, -0.15) is 0 Å². The summed E-state index contributed by atoms with van der Waals surface area (Å²) >= 11 is 0. The predicted molar refractivity (Wildman–Crippen MR) is 266 cm³/mol. The van der Waals surface area contributed by atoms with Crippen molar-refractivity contribution in [1.29, 1.82) is 0 Å². The Morgan fingerprint density at radius 1 is 0.303 bits per heavy atom. The Kier molecular flexibility index (Phi) is 9.16. The van der Waals surface area contributed by atoms with E-state index in [0.29, 0.717) is 28.6 Å². The summed E-state index contributed by atoms with van der Waals surface area (Å²) in [6, 6.07) is 71.2. The molecule has 1 aliphatic carbocycles. The summed E-state index contributed by atoms with van der Waals surface area (Å²) < 4.78 is 31.8. The second-order valence-electron chi connectivity index (χ2n) is 17.5. The average molecular weight is 868 g/mol. The minimum Gasteiger partial charge on any atom is -0.218 e. The summed E-state index contributed by atoms with van der Waals surface area (Å²) in [5.74, 6) is 1.55. The molecule has 2 aliphatic rings. The number of aromatic nitrogens is 3. The van der Waals surface area contributed by atoms with Gasteiger partial charge in [0.05, 0.1) is 9.79 Å². The zero-order chi connectivity index (χ0) is 44.6. The molecular weight excluding hydrogens is 827 g/mol. The van der Waals surface area contributed by atoms with Crippen LogP contribution in [-0.2, 0) is 15.3 Å². The number of benzene rings is 9. The van der Waals surface area contributed by atoms with Crippen molar-refractivity contribution in [2.45, 2.75) is 29.1 Å². The minimum atomic E-state index is -4.18. The Balaban J connectivity index is 1.17. The molecule has 0 amide bonds. The van der Waals surface area contributed by atoms with Gasteiger partial charge in [-0.3, -0.25) is 0 Å². The Labute approximate surface area is 384 Å². The Hall–Kier alpha value is -8.06. The molecule has 0 radical (unpaired) electrons. The van der Waals surface area contributed by atoms with Crippen molar-refractivity contribution in [3.8, 4) is 101 Å². The normalized spacial score (nSPS) is 13.7. The molecule has 0 saturated heterocycles. The second-order valence-corrected chi connectivity index (χ2v) is 19.4. The topological polar surface area (TPSA) is 72.8 Å². The van der Waals surface area contributed by atoms with Crippen LogP contribution in [0.5, 0.6) is 0 Å². The van der Waals surface area contributed by atoms with Crippen molar-refractivity contribution in [2.75, 3.05) is 0 Å². The maximum atomic E-state index is 15.9. The first-order valence-corrected chi connectivity index (χ1v) is 23.7. The van der Waals surface area contributed by atoms with E-state index in [4.69, 9.17) is 15.0 Å². The molecule has 66 heavy (non-hydrogen) atoms. The molecule has 9 aromatic carbocycles. The van der Waals surface area contributed by atoms with Crippen molar-refractivity contribution in [3.05, 3.63) is 223 Å². The highest BCUT2D eigenvalue weighted by Crippen LogP contribution is 2.54. The Morgan fingerprint density at radius 2 is 0.773 bits per heavy atom. The molecule has 314 valence electrons. The maximum Gasteiger partial charge on any atom is 0.207 e. The summed E-state index contributed by atoms with van der Waals surface area (Å²) in [6.07, 6.45) is 0. The fourth-order valence-corrected chi connectivity index (χ4v) is 11.8. The third kappa shape index (κ3) is 6.36. The molecule has 5 nitrogen and oxygen atoms in total. The van der Waals surface area contributed by atoms with E-state index < -0.39 is 15.3 Å². The van der Waals surface area contributed by atoms with E-state index in [2.05, 4.69) is 117 Å². The van der Waals surface area contributed by atoms with Crippen molar-refractivity contribution < 1.29 is 8.42 Å². The van der Waals surface area contributed by atoms with E-state index >= 15 is 8.42 Å². The zero-order valence-electron chi connectivity index (χ0n) is 36.3. The summed E-state index contributed by atoms with van der Waals surface area (Å²) in [5, 5.41) is 0. The summed E-state index contributed by atoms with van der Waals surface area (Å²) in [6.45, 7) is 4.37. The lowest BCUT2D eigenvalue weighted by Gasteiger charge is -2.24. The minimum absolute atomic E-state index is 0.254. The van der Waals surface area contributed by atoms with E-state index in [1.54, 1.807) is 6.07 Å². The Bertz CT molecular complexity index is 3690. The number of sulfone groups is 1.